The summed E-state index contributed by atoms with van der Waals surface area (Å²) in [7, 11) is 0. The van der Waals surface area contributed by atoms with Crippen LogP contribution in [0.15, 0.2) is 0 Å². The topological polar surface area (TPSA) is 55.7 Å². The molecule has 0 radical (unpaired) electrons. The Balaban J connectivity index is 2.03. The van der Waals surface area contributed by atoms with Gasteiger partial charge in [-0.1, -0.05) is 6.42 Å². The van der Waals surface area contributed by atoms with E-state index in [1.165, 1.54) is 6.42 Å². The van der Waals surface area contributed by atoms with Crippen LogP contribution in [-0.2, 0) is 0 Å². The summed E-state index contributed by atoms with van der Waals surface area (Å²) in [5, 5.41) is 22.8. The van der Waals surface area contributed by atoms with Gasteiger partial charge in [-0.05, 0) is 19.3 Å². The normalized spacial score (nSPS) is 42.5. The molecule has 2 unspecified atom stereocenters. The molecule has 2 heterocycles. The number of aliphatic hydroxyl groups excluding tert-OH is 1. The lowest BCUT2D eigenvalue weighted by Crippen LogP contribution is -2.62. The summed E-state index contributed by atoms with van der Waals surface area (Å²) < 4.78 is 0. The van der Waals surface area contributed by atoms with Crippen molar-refractivity contribution in [3.8, 4) is 0 Å². The fourth-order valence-corrected chi connectivity index (χ4v) is 2.27. The zero-order valence-corrected chi connectivity index (χ0v) is 7.87. The van der Waals surface area contributed by atoms with Gasteiger partial charge in [0.05, 0.1) is 0 Å². The third-order valence-corrected chi connectivity index (χ3v) is 3.11. The van der Waals surface area contributed by atoms with E-state index in [4.69, 9.17) is 0 Å². The minimum Gasteiger partial charge on any atom is -0.387 e. The van der Waals surface area contributed by atoms with Crippen molar-refractivity contribution >= 4 is 0 Å². The summed E-state index contributed by atoms with van der Waals surface area (Å²) >= 11 is 0. The molecule has 4 heteroatoms. The molecule has 3 N–H and O–H groups in total. The molecule has 2 saturated heterocycles. The van der Waals surface area contributed by atoms with Crippen LogP contribution in [0.2, 0.25) is 0 Å². The number of likely N-dealkylation sites (tertiary alicyclic amines) is 1. The first-order chi connectivity index (χ1) is 6.23. The van der Waals surface area contributed by atoms with Gasteiger partial charge in [-0.15, -0.1) is 0 Å². The predicted octanol–water partition coefficient (Wildman–Crippen LogP) is -0.527. The minimum atomic E-state index is -1.14. The summed E-state index contributed by atoms with van der Waals surface area (Å²) in [5.41, 5.74) is 0. The van der Waals surface area contributed by atoms with Gasteiger partial charge in [0, 0.05) is 19.6 Å². The van der Waals surface area contributed by atoms with Gasteiger partial charge in [0.2, 0.25) is 5.85 Å². The minimum absolute atomic E-state index is 0.634. The second kappa shape index (κ2) is 3.53. The van der Waals surface area contributed by atoms with Crippen molar-refractivity contribution in [1.29, 1.82) is 0 Å². The third kappa shape index (κ3) is 1.59. The van der Waals surface area contributed by atoms with Crippen molar-refractivity contribution in [1.82, 2.24) is 10.2 Å². The van der Waals surface area contributed by atoms with Gasteiger partial charge in [-0.25, -0.2) is 0 Å². The molecular formula is C9H18N2O2. The van der Waals surface area contributed by atoms with E-state index in [1.54, 1.807) is 0 Å². The Morgan fingerprint density at radius 1 is 1.23 bits per heavy atom. The van der Waals surface area contributed by atoms with Crippen molar-refractivity contribution in [3.05, 3.63) is 0 Å². The second-order valence-electron chi connectivity index (χ2n) is 4.01. The predicted molar refractivity (Wildman–Crippen MR) is 49.0 cm³/mol. The van der Waals surface area contributed by atoms with E-state index in [0.717, 1.165) is 25.9 Å². The molecule has 4 nitrogen and oxygen atoms in total. The molecule has 0 aromatic carbocycles. The summed E-state index contributed by atoms with van der Waals surface area (Å²) in [5.74, 6) is -1.14. The molecule has 0 aromatic heterocycles. The standard InChI is InChI=1S/C9H18N2O2/c12-8-4-5-10-9(8,13)11-6-2-1-3-7-11/h8,10,12-13H,1-7H2. The Bertz CT molecular complexity index is 182. The first-order valence-corrected chi connectivity index (χ1v) is 5.14. The molecule has 0 bridgehead atoms. The van der Waals surface area contributed by atoms with Crippen molar-refractivity contribution in [2.24, 2.45) is 0 Å². The molecule has 0 saturated carbocycles. The Labute approximate surface area is 78.5 Å². The van der Waals surface area contributed by atoms with Crippen molar-refractivity contribution in [2.45, 2.75) is 37.6 Å². The van der Waals surface area contributed by atoms with Crippen LogP contribution >= 0.6 is 0 Å². The fourth-order valence-electron chi connectivity index (χ4n) is 2.27. The number of piperidine rings is 1. The molecule has 2 atom stereocenters. The van der Waals surface area contributed by atoms with E-state index >= 15 is 0 Å². The third-order valence-electron chi connectivity index (χ3n) is 3.11. The highest BCUT2D eigenvalue weighted by molar-refractivity contribution is 4.91. The number of rotatable bonds is 1. The zero-order chi connectivity index (χ0) is 9.31. The van der Waals surface area contributed by atoms with Crippen molar-refractivity contribution in [3.63, 3.8) is 0 Å². The highest BCUT2D eigenvalue weighted by Gasteiger charge is 2.45. The lowest BCUT2D eigenvalue weighted by molar-refractivity contribution is -0.182. The van der Waals surface area contributed by atoms with E-state index < -0.39 is 12.0 Å². The zero-order valence-electron chi connectivity index (χ0n) is 7.87. The van der Waals surface area contributed by atoms with Crippen LogP contribution in [0.1, 0.15) is 25.7 Å². The lowest BCUT2D eigenvalue weighted by atomic mass is 10.1. The average Bonchev–Trinajstić information content (AvgIpc) is 2.50. The Kier molecular flexibility index (Phi) is 2.55. The quantitative estimate of drug-likeness (QED) is 0.515. The van der Waals surface area contributed by atoms with Crippen LogP contribution in [0.3, 0.4) is 0 Å². The van der Waals surface area contributed by atoms with Crippen LogP contribution in [-0.4, -0.2) is 46.7 Å². The van der Waals surface area contributed by atoms with Gasteiger partial charge in [0.1, 0.15) is 6.10 Å². The molecule has 2 rings (SSSR count). The van der Waals surface area contributed by atoms with Crippen LogP contribution in [0.4, 0.5) is 0 Å². The summed E-state index contributed by atoms with van der Waals surface area (Å²) in [6.07, 6.45) is 3.49. The van der Waals surface area contributed by atoms with Crippen LogP contribution in [0.5, 0.6) is 0 Å². The van der Waals surface area contributed by atoms with Gasteiger partial charge in [0.15, 0.2) is 0 Å². The number of hydrogen-bond donors (Lipinski definition) is 3. The van der Waals surface area contributed by atoms with E-state index in [1.807, 2.05) is 4.90 Å². The Morgan fingerprint density at radius 3 is 2.46 bits per heavy atom. The van der Waals surface area contributed by atoms with Crippen molar-refractivity contribution < 1.29 is 10.2 Å². The maximum absolute atomic E-state index is 10.1. The molecule has 2 aliphatic rings. The monoisotopic (exact) mass is 186 g/mol. The Morgan fingerprint density at radius 2 is 1.92 bits per heavy atom. The molecule has 0 amide bonds. The van der Waals surface area contributed by atoms with E-state index in [-0.39, 0.29) is 0 Å². The highest BCUT2D eigenvalue weighted by atomic mass is 16.4. The van der Waals surface area contributed by atoms with Gasteiger partial charge in [-0.3, -0.25) is 10.2 Å². The fraction of sp³-hybridized carbons (Fsp3) is 1.00. The SMILES string of the molecule is OC1CCNC1(O)N1CCCCC1. The Hall–Kier alpha value is -0.160. The van der Waals surface area contributed by atoms with Crippen molar-refractivity contribution in [2.75, 3.05) is 19.6 Å². The van der Waals surface area contributed by atoms with Crippen LogP contribution in [0, 0.1) is 0 Å². The largest absolute Gasteiger partial charge is 0.387 e. The smallest absolute Gasteiger partial charge is 0.201 e. The molecular weight excluding hydrogens is 168 g/mol. The van der Waals surface area contributed by atoms with Crippen LogP contribution in [0.25, 0.3) is 0 Å². The molecule has 76 valence electrons. The van der Waals surface area contributed by atoms with E-state index in [0.29, 0.717) is 13.0 Å². The maximum atomic E-state index is 10.1. The molecule has 2 aliphatic heterocycles. The summed E-state index contributed by atoms with van der Waals surface area (Å²) in [4.78, 5) is 1.97. The number of nitrogens with one attached hydrogen (secondary N) is 1. The van der Waals surface area contributed by atoms with E-state index in [2.05, 4.69) is 5.32 Å². The van der Waals surface area contributed by atoms with Gasteiger partial charge in [-0.2, -0.15) is 0 Å². The molecule has 2 fully saturated rings. The lowest BCUT2D eigenvalue weighted by Gasteiger charge is -2.41. The molecule has 0 spiro atoms. The summed E-state index contributed by atoms with van der Waals surface area (Å²) in [6.45, 7) is 2.48. The molecule has 0 aliphatic carbocycles. The maximum Gasteiger partial charge on any atom is 0.201 e. The number of aliphatic hydroxyl groups is 2. The first-order valence-electron chi connectivity index (χ1n) is 5.14. The van der Waals surface area contributed by atoms with Gasteiger partial charge < -0.3 is 10.2 Å². The molecule has 0 aromatic rings. The van der Waals surface area contributed by atoms with Gasteiger partial charge in [0.25, 0.3) is 0 Å². The number of nitrogens with zero attached hydrogens (tertiary/aromatic N) is 1. The average molecular weight is 186 g/mol. The van der Waals surface area contributed by atoms with Gasteiger partial charge >= 0.3 is 0 Å². The summed E-state index contributed by atoms with van der Waals surface area (Å²) in [6, 6.07) is 0. The van der Waals surface area contributed by atoms with Crippen LogP contribution < -0.4 is 5.32 Å². The van der Waals surface area contributed by atoms with E-state index in [9.17, 15) is 10.2 Å². The number of hydrogen-bond acceptors (Lipinski definition) is 4. The molecule has 13 heavy (non-hydrogen) atoms. The highest BCUT2D eigenvalue weighted by Crippen LogP contribution is 2.24. The first kappa shape index (κ1) is 9.40. The second-order valence-corrected chi connectivity index (χ2v) is 4.01.